The van der Waals surface area contributed by atoms with Crippen LogP contribution in [0.1, 0.15) is 25.0 Å². The Hall–Kier alpha value is -2.23. The number of aliphatic hydroxyl groups excluding tert-OH is 1. The normalized spacial score (nSPS) is 14.1. The van der Waals surface area contributed by atoms with E-state index in [1.54, 1.807) is 24.3 Å². The van der Waals surface area contributed by atoms with E-state index in [1.807, 2.05) is 38.1 Å². The zero-order chi connectivity index (χ0) is 23.1. The van der Waals surface area contributed by atoms with Crippen molar-refractivity contribution in [3.05, 3.63) is 59.7 Å². The third-order valence-corrected chi connectivity index (χ3v) is 5.23. The van der Waals surface area contributed by atoms with E-state index in [2.05, 4.69) is 4.18 Å². The van der Waals surface area contributed by atoms with E-state index < -0.39 is 29.1 Å². The summed E-state index contributed by atoms with van der Waals surface area (Å²) >= 11 is 0. The second kappa shape index (κ2) is 10.9. The molecule has 0 aliphatic heterocycles. The Bertz CT molecular complexity index is 914. The highest BCUT2D eigenvalue weighted by atomic mass is 32.2. The standard InChI is InChI=1S/C22H28F2O6S/c1-22(2,16-4-8-20(9-5-16)28-13-18(24)12-23)17-6-10-21(11-7-17)29-14-19(25)15-30-31(3,26)27/h4-11,18-19,25H,12-15H2,1-3H3. The molecule has 2 aromatic carbocycles. The number of ether oxygens (including phenoxy) is 2. The van der Waals surface area contributed by atoms with Gasteiger partial charge in [-0.3, -0.25) is 4.18 Å². The fraction of sp³-hybridized carbons (Fsp3) is 0.455. The minimum atomic E-state index is -3.62. The van der Waals surface area contributed by atoms with E-state index in [1.165, 1.54) is 0 Å². The van der Waals surface area contributed by atoms with Crippen LogP contribution in [0.3, 0.4) is 0 Å². The summed E-state index contributed by atoms with van der Waals surface area (Å²) in [6.07, 6.45) is -1.80. The van der Waals surface area contributed by atoms with Crippen LogP contribution in [0.15, 0.2) is 48.5 Å². The molecule has 0 saturated heterocycles. The van der Waals surface area contributed by atoms with Crippen molar-refractivity contribution in [3.63, 3.8) is 0 Å². The fourth-order valence-electron chi connectivity index (χ4n) is 2.78. The van der Waals surface area contributed by atoms with Crippen LogP contribution in [0.25, 0.3) is 0 Å². The molecular formula is C22H28F2O6S. The smallest absolute Gasteiger partial charge is 0.264 e. The highest BCUT2D eigenvalue weighted by molar-refractivity contribution is 7.85. The van der Waals surface area contributed by atoms with Crippen LogP contribution in [0.4, 0.5) is 8.78 Å². The topological polar surface area (TPSA) is 82.1 Å². The summed E-state index contributed by atoms with van der Waals surface area (Å²) < 4.78 is 62.3. The largest absolute Gasteiger partial charge is 0.491 e. The van der Waals surface area contributed by atoms with Crippen molar-refractivity contribution in [3.8, 4) is 11.5 Å². The number of aliphatic hydroxyl groups is 1. The zero-order valence-corrected chi connectivity index (χ0v) is 18.6. The van der Waals surface area contributed by atoms with Crippen LogP contribution in [0.5, 0.6) is 11.5 Å². The van der Waals surface area contributed by atoms with Crippen molar-refractivity contribution in [2.75, 3.05) is 32.8 Å². The molecule has 1 N–H and O–H groups in total. The predicted octanol–water partition coefficient (Wildman–Crippen LogP) is 3.41. The van der Waals surface area contributed by atoms with Gasteiger partial charge in [0.1, 0.15) is 37.5 Å². The van der Waals surface area contributed by atoms with Gasteiger partial charge in [-0.2, -0.15) is 8.42 Å². The highest BCUT2D eigenvalue weighted by Crippen LogP contribution is 2.33. The van der Waals surface area contributed by atoms with E-state index >= 15 is 0 Å². The van der Waals surface area contributed by atoms with Crippen LogP contribution < -0.4 is 9.47 Å². The fourth-order valence-corrected chi connectivity index (χ4v) is 3.18. The van der Waals surface area contributed by atoms with Gasteiger partial charge < -0.3 is 14.6 Å². The van der Waals surface area contributed by atoms with Crippen LogP contribution in [-0.2, 0) is 19.7 Å². The first-order chi connectivity index (χ1) is 14.5. The summed E-state index contributed by atoms with van der Waals surface area (Å²) in [6.45, 7) is 2.22. The van der Waals surface area contributed by atoms with E-state index in [9.17, 15) is 22.3 Å². The Morgan fingerprint density at radius 2 is 1.35 bits per heavy atom. The molecule has 0 saturated carbocycles. The quantitative estimate of drug-likeness (QED) is 0.491. The van der Waals surface area contributed by atoms with Gasteiger partial charge in [0.25, 0.3) is 10.1 Å². The Labute approximate surface area is 181 Å². The van der Waals surface area contributed by atoms with Crippen LogP contribution in [0.2, 0.25) is 0 Å². The van der Waals surface area contributed by atoms with E-state index in [0.29, 0.717) is 11.5 Å². The first kappa shape index (κ1) is 25.0. The number of hydrogen-bond acceptors (Lipinski definition) is 6. The van der Waals surface area contributed by atoms with Gasteiger partial charge >= 0.3 is 0 Å². The SMILES string of the molecule is CC(C)(c1ccc(OCC(O)COS(C)(=O)=O)cc1)c1ccc(OCC(F)CF)cc1. The maximum atomic E-state index is 13.0. The molecule has 9 heteroatoms. The van der Waals surface area contributed by atoms with Crippen LogP contribution >= 0.6 is 0 Å². The monoisotopic (exact) mass is 458 g/mol. The lowest BCUT2D eigenvalue weighted by Crippen LogP contribution is -2.25. The summed E-state index contributed by atoms with van der Waals surface area (Å²) in [7, 11) is -3.62. The minimum absolute atomic E-state index is 0.109. The summed E-state index contributed by atoms with van der Waals surface area (Å²) in [6, 6.07) is 14.5. The predicted molar refractivity (Wildman–Crippen MR) is 114 cm³/mol. The number of rotatable bonds is 12. The molecule has 2 atom stereocenters. The van der Waals surface area contributed by atoms with E-state index in [-0.39, 0.29) is 25.2 Å². The number of alkyl halides is 2. The molecule has 2 aromatic rings. The van der Waals surface area contributed by atoms with E-state index in [0.717, 1.165) is 17.4 Å². The Balaban J connectivity index is 1.96. The van der Waals surface area contributed by atoms with Gasteiger partial charge in [-0.15, -0.1) is 0 Å². The second-order valence-corrected chi connectivity index (χ2v) is 9.33. The molecule has 0 aromatic heterocycles. The zero-order valence-electron chi connectivity index (χ0n) is 17.8. The van der Waals surface area contributed by atoms with Gasteiger partial charge in [0.2, 0.25) is 0 Å². The number of benzene rings is 2. The first-order valence-corrected chi connectivity index (χ1v) is 11.5. The minimum Gasteiger partial charge on any atom is -0.491 e. The average Bonchev–Trinajstić information content (AvgIpc) is 2.74. The summed E-state index contributed by atoms with van der Waals surface area (Å²) in [5, 5.41) is 9.75. The molecule has 6 nitrogen and oxygen atoms in total. The molecule has 2 rings (SSSR count). The molecule has 0 spiro atoms. The maximum absolute atomic E-state index is 13.0. The van der Waals surface area contributed by atoms with Crippen molar-refractivity contribution in [1.29, 1.82) is 0 Å². The van der Waals surface area contributed by atoms with Gasteiger partial charge in [-0.05, 0) is 35.4 Å². The summed E-state index contributed by atoms with van der Waals surface area (Å²) in [4.78, 5) is 0. The van der Waals surface area contributed by atoms with Gasteiger partial charge in [0.05, 0.1) is 12.9 Å². The Morgan fingerprint density at radius 3 is 1.77 bits per heavy atom. The van der Waals surface area contributed by atoms with E-state index in [4.69, 9.17) is 9.47 Å². The Kier molecular flexibility index (Phi) is 8.79. The summed E-state index contributed by atoms with van der Waals surface area (Å²) in [5.74, 6) is 0.994. The molecule has 172 valence electrons. The van der Waals surface area contributed by atoms with Crippen molar-refractivity contribution in [2.24, 2.45) is 0 Å². The first-order valence-electron chi connectivity index (χ1n) is 9.70. The van der Waals surface area contributed by atoms with Gasteiger partial charge in [0, 0.05) is 5.41 Å². The number of hydrogen-bond donors (Lipinski definition) is 1. The Morgan fingerprint density at radius 1 is 0.903 bits per heavy atom. The van der Waals surface area contributed by atoms with Gasteiger partial charge in [-0.1, -0.05) is 38.1 Å². The summed E-state index contributed by atoms with van der Waals surface area (Å²) in [5.41, 5.74) is 1.67. The third kappa shape index (κ3) is 8.08. The highest BCUT2D eigenvalue weighted by Gasteiger charge is 2.23. The molecule has 0 aliphatic carbocycles. The van der Waals surface area contributed by atoms with Crippen molar-refractivity contribution >= 4 is 10.1 Å². The molecule has 2 unspecified atom stereocenters. The molecule has 0 radical (unpaired) electrons. The van der Waals surface area contributed by atoms with Gasteiger partial charge in [-0.25, -0.2) is 8.78 Å². The average molecular weight is 459 g/mol. The van der Waals surface area contributed by atoms with Gasteiger partial charge in [0.15, 0.2) is 6.17 Å². The van der Waals surface area contributed by atoms with Crippen LogP contribution in [0, 0.1) is 0 Å². The lowest BCUT2D eigenvalue weighted by atomic mass is 9.78. The lowest BCUT2D eigenvalue weighted by Gasteiger charge is -2.26. The molecular weight excluding hydrogens is 430 g/mol. The molecule has 31 heavy (non-hydrogen) atoms. The maximum Gasteiger partial charge on any atom is 0.264 e. The van der Waals surface area contributed by atoms with Crippen LogP contribution in [-0.4, -0.2) is 58.6 Å². The van der Waals surface area contributed by atoms with Crippen molar-refractivity contribution in [1.82, 2.24) is 0 Å². The second-order valence-electron chi connectivity index (χ2n) is 7.69. The van der Waals surface area contributed by atoms with Crippen molar-refractivity contribution < 1.29 is 36.0 Å². The third-order valence-electron chi connectivity index (χ3n) is 4.67. The molecule has 0 bridgehead atoms. The molecule has 0 amide bonds. The van der Waals surface area contributed by atoms with Crippen molar-refractivity contribution in [2.45, 2.75) is 31.5 Å². The lowest BCUT2D eigenvalue weighted by molar-refractivity contribution is 0.0652. The molecule has 0 fully saturated rings. The number of halogens is 2. The molecule has 0 aliphatic rings. The molecule has 0 heterocycles.